The monoisotopic (exact) mass is 509 g/mol. The highest BCUT2D eigenvalue weighted by atomic mass is 16.4. The molecule has 37 heavy (non-hydrogen) atoms. The van der Waals surface area contributed by atoms with Gasteiger partial charge in [-0.3, -0.25) is 14.8 Å². The first-order chi connectivity index (χ1) is 17.9. The summed E-state index contributed by atoms with van der Waals surface area (Å²) >= 11 is 0. The fraction of sp³-hybridized carbons (Fsp3) is 0.520. The van der Waals surface area contributed by atoms with Gasteiger partial charge in [0.2, 0.25) is 5.91 Å². The summed E-state index contributed by atoms with van der Waals surface area (Å²) in [6.07, 6.45) is 8.10. The van der Waals surface area contributed by atoms with Crippen molar-refractivity contribution in [2.24, 2.45) is 0 Å². The number of nitrogens with zero attached hydrogens (tertiary/aromatic N) is 6. The molecule has 0 saturated carbocycles. The molecular weight excluding hydrogens is 474 g/mol. The maximum Gasteiger partial charge on any atom is 0.326 e. The van der Waals surface area contributed by atoms with Gasteiger partial charge >= 0.3 is 5.97 Å². The molecule has 0 saturated heterocycles. The zero-order valence-electron chi connectivity index (χ0n) is 21.4. The first kappa shape index (κ1) is 26.3. The summed E-state index contributed by atoms with van der Waals surface area (Å²) in [5.74, 6) is 0.416. The second-order valence-corrected chi connectivity index (χ2v) is 9.54. The van der Waals surface area contributed by atoms with Crippen LogP contribution in [-0.4, -0.2) is 98.2 Å². The molecule has 1 unspecified atom stereocenters. The number of anilines is 2. The summed E-state index contributed by atoms with van der Waals surface area (Å²) in [6.45, 7) is 2.34. The Labute approximate surface area is 215 Å². The fourth-order valence-electron chi connectivity index (χ4n) is 4.37. The third-order valence-corrected chi connectivity index (χ3v) is 6.56. The number of carbonyl (C=O) groups is 2. The van der Waals surface area contributed by atoms with E-state index in [2.05, 4.69) is 42.9 Å². The first-order valence-electron chi connectivity index (χ1n) is 12.7. The number of aliphatic carboxylic acids is 1. The van der Waals surface area contributed by atoms with E-state index in [0.717, 1.165) is 50.2 Å². The first-order valence-corrected chi connectivity index (χ1v) is 12.7. The Balaban J connectivity index is 1.32. The van der Waals surface area contributed by atoms with Gasteiger partial charge in [-0.1, -0.05) is 6.07 Å². The van der Waals surface area contributed by atoms with Gasteiger partial charge in [-0.2, -0.15) is 5.10 Å². The Hall–Kier alpha value is -3.80. The van der Waals surface area contributed by atoms with Gasteiger partial charge in [0, 0.05) is 32.9 Å². The lowest BCUT2D eigenvalue weighted by atomic mass is 10.1. The number of aryl methyl sites for hydroxylation is 2. The van der Waals surface area contributed by atoms with E-state index < -0.39 is 12.0 Å². The molecule has 0 spiro atoms. The number of fused-ring (bicyclic) bond motifs is 2. The highest BCUT2D eigenvalue weighted by molar-refractivity contribution is 5.88. The molecule has 3 aromatic heterocycles. The number of aromatic nitrogens is 5. The summed E-state index contributed by atoms with van der Waals surface area (Å²) in [4.78, 5) is 41.1. The van der Waals surface area contributed by atoms with Gasteiger partial charge in [0.25, 0.3) is 0 Å². The average Bonchev–Trinajstić information content (AvgIpc) is 3.38. The van der Waals surface area contributed by atoms with E-state index in [1.807, 2.05) is 4.90 Å². The second-order valence-electron chi connectivity index (χ2n) is 9.54. The highest BCUT2D eigenvalue weighted by Crippen LogP contribution is 2.21. The van der Waals surface area contributed by atoms with Gasteiger partial charge in [0.15, 0.2) is 5.65 Å². The van der Waals surface area contributed by atoms with Crippen LogP contribution in [0.25, 0.3) is 11.0 Å². The van der Waals surface area contributed by atoms with Gasteiger partial charge < -0.3 is 20.6 Å². The van der Waals surface area contributed by atoms with Gasteiger partial charge in [-0.05, 0) is 56.7 Å². The van der Waals surface area contributed by atoms with Crippen LogP contribution in [0.2, 0.25) is 0 Å². The molecule has 1 aliphatic rings. The van der Waals surface area contributed by atoms with Gasteiger partial charge in [0.05, 0.1) is 18.1 Å². The van der Waals surface area contributed by atoms with Crippen LogP contribution < -0.4 is 10.6 Å². The van der Waals surface area contributed by atoms with Crippen molar-refractivity contribution in [1.29, 1.82) is 0 Å². The number of carbonyl (C=O) groups excluding carboxylic acids is 1. The molecule has 4 heterocycles. The summed E-state index contributed by atoms with van der Waals surface area (Å²) < 4.78 is 0. The molecule has 198 valence electrons. The smallest absolute Gasteiger partial charge is 0.326 e. The zero-order chi connectivity index (χ0) is 26.2. The molecule has 0 bridgehead atoms. The molecule has 0 radical (unpaired) electrons. The van der Waals surface area contributed by atoms with Crippen LogP contribution in [0.1, 0.15) is 36.9 Å². The Kier molecular flexibility index (Phi) is 8.83. The minimum absolute atomic E-state index is 0.0156. The maximum absolute atomic E-state index is 12.4. The van der Waals surface area contributed by atoms with Gasteiger partial charge in [-0.15, -0.1) is 0 Å². The number of carboxylic acids is 1. The summed E-state index contributed by atoms with van der Waals surface area (Å²) in [5.41, 5.74) is 2.87. The minimum Gasteiger partial charge on any atom is -0.480 e. The fourth-order valence-corrected chi connectivity index (χ4v) is 4.37. The quantitative estimate of drug-likeness (QED) is 0.251. The molecule has 4 rings (SSSR count). The summed E-state index contributed by atoms with van der Waals surface area (Å²) in [7, 11) is 3.45. The number of nitrogens with one attached hydrogen (secondary N) is 3. The largest absolute Gasteiger partial charge is 0.480 e. The standard InChI is InChI=1S/C25H35N9O3/c1-33(2)21(35)15-34(12-4-3-7-18-9-8-17-6-5-11-26-22(17)30-18)13-10-20(25(36)37)31-23-19-14-29-32-24(19)28-16-27-23/h8-9,14,16,20H,3-7,10-13,15H2,1-2H3,(H,26,30)(H,36,37)(H2,27,28,29,31,32). The van der Waals surface area contributed by atoms with Crippen molar-refractivity contribution in [3.63, 3.8) is 0 Å². The van der Waals surface area contributed by atoms with Crippen LogP contribution in [0.3, 0.4) is 0 Å². The topological polar surface area (TPSA) is 152 Å². The van der Waals surface area contributed by atoms with E-state index >= 15 is 0 Å². The Bertz CT molecular complexity index is 1210. The summed E-state index contributed by atoms with van der Waals surface area (Å²) in [6, 6.07) is 3.39. The van der Waals surface area contributed by atoms with Crippen LogP contribution in [-0.2, 0) is 22.4 Å². The van der Waals surface area contributed by atoms with Gasteiger partial charge in [-0.25, -0.2) is 19.7 Å². The number of aromatic amines is 1. The number of hydrogen-bond acceptors (Lipinski definition) is 9. The van der Waals surface area contributed by atoms with E-state index in [1.165, 1.54) is 11.9 Å². The van der Waals surface area contributed by atoms with Crippen LogP contribution >= 0.6 is 0 Å². The molecule has 12 nitrogen and oxygen atoms in total. The lowest BCUT2D eigenvalue weighted by molar-refractivity contribution is -0.138. The number of carboxylic acid groups (broad SMARTS) is 1. The number of unbranched alkanes of at least 4 members (excludes halogenated alkanes) is 1. The van der Waals surface area contributed by atoms with Crippen molar-refractivity contribution >= 4 is 34.5 Å². The molecule has 0 aromatic carbocycles. The molecular formula is C25H35N9O3. The molecule has 0 fully saturated rings. The maximum atomic E-state index is 12.4. The zero-order valence-corrected chi connectivity index (χ0v) is 21.4. The van der Waals surface area contributed by atoms with Crippen LogP contribution in [0.15, 0.2) is 24.7 Å². The molecule has 1 amide bonds. The lowest BCUT2D eigenvalue weighted by Crippen LogP contribution is -2.40. The van der Waals surface area contributed by atoms with E-state index in [1.54, 1.807) is 25.2 Å². The normalized spacial score (nSPS) is 13.7. The molecule has 4 N–H and O–H groups in total. The van der Waals surface area contributed by atoms with E-state index in [0.29, 0.717) is 36.4 Å². The average molecular weight is 510 g/mol. The predicted octanol–water partition coefficient (Wildman–Crippen LogP) is 1.77. The summed E-state index contributed by atoms with van der Waals surface area (Å²) in [5, 5.41) is 23.5. The molecule has 1 atom stereocenters. The van der Waals surface area contributed by atoms with Crippen LogP contribution in [0, 0.1) is 0 Å². The van der Waals surface area contributed by atoms with Crippen molar-refractivity contribution in [2.45, 2.75) is 44.6 Å². The molecule has 1 aliphatic heterocycles. The van der Waals surface area contributed by atoms with Crippen molar-refractivity contribution in [3.8, 4) is 0 Å². The van der Waals surface area contributed by atoms with E-state index in [-0.39, 0.29) is 12.5 Å². The number of pyridine rings is 1. The number of rotatable bonds is 13. The Morgan fingerprint density at radius 3 is 2.86 bits per heavy atom. The minimum atomic E-state index is -0.985. The predicted molar refractivity (Wildman–Crippen MR) is 140 cm³/mol. The van der Waals surface area contributed by atoms with Gasteiger partial charge in [0.1, 0.15) is 24.0 Å². The number of amides is 1. The van der Waals surface area contributed by atoms with Crippen molar-refractivity contribution in [2.75, 3.05) is 50.9 Å². The number of hydrogen-bond donors (Lipinski definition) is 4. The third-order valence-electron chi connectivity index (χ3n) is 6.56. The lowest BCUT2D eigenvalue weighted by Gasteiger charge is -2.25. The SMILES string of the molecule is CN(C)C(=O)CN(CCCCc1ccc2c(n1)NCCC2)CCC(Nc1ncnc2[nH]ncc12)C(=O)O. The van der Waals surface area contributed by atoms with Crippen molar-refractivity contribution in [1.82, 2.24) is 34.9 Å². The van der Waals surface area contributed by atoms with Crippen molar-refractivity contribution < 1.29 is 14.7 Å². The van der Waals surface area contributed by atoms with Crippen molar-refractivity contribution in [3.05, 3.63) is 35.9 Å². The van der Waals surface area contributed by atoms with Crippen LogP contribution in [0.5, 0.6) is 0 Å². The number of likely N-dealkylation sites (N-methyl/N-ethyl adjacent to an activating group) is 1. The van der Waals surface area contributed by atoms with E-state index in [9.17, 15) is 14.7 Å². The van der Waals surface area contributed by atoms with E-state index in [4.69, 9.17) is 4.98 Å². The molecule has 12 heteroatoms. The second kappa shape index (κ2) is 12.4. The molecule has 3 aromatic rings. The third kappa shape index (κ3) is 7.13. The highest BCUT2D eigenvalue weighted by Gasteiger charge is 2.22. The Morgan fingerprint density at radius 2 is 2.05 bits per heavy atom. The Morgan fingerprint density at radius 1 is 1.19 bits per heavy atom. The number of H-pyrrole nitrogens is 1. The molecule has 0 aliphatic carbocycles. The van der Waals surface area contributed by atoms with Crippen LogP contribution in [0.4, 0.5) is 11.6 Å².